The van der Waals surface area contributed by atoms with Gasteiger partial charge in [0.25, 0.3) is 0 Å². The molecule has 7 nitrogen and oxygen atoms in total. The van der Waals surface area contributed by atoms with Gasteiger partial charge in [0.2, 0.25) is 0 Å². The van der Waals surface area contributed by atoms with Crippen molar-refractivity contribution in [1.82, 2.24) is 14.5 Å². The van der Waals surface area contributed by atoms with E-state index < -0.39 is 36.1 Å². The number of carbonyl (C=O) groups excluding carboxylic acids is 2. The maximum atomic E-state index is 13.5. The Kier molecular flexibility index (Phi) is 6.01. The highest BCUT2D eigenvalue weighted by molar-refractivity contribution is 5.96. The van der Waals surface area contributed by atoms with Gasteiger partial charge in [0, 0.05) is 24.7 Å². The first kappa shape index (κ1) is 22.3. The van der Waals surface area contributed by atoms with E-state index in [1.54, 1.807) is 17.6 Å². The summed E-state index contributed by atoms with van der Waals surface area (Å²) in [5.41, 5.74) is 0.249. The van der Waals surface area contributed by atoms with Crippen LogP contribution in [0.5, 0.6) is 0 Å². The number of rotatable bonds is 4. The monoisotopic (exact) mass is 437 g/mol. The molecule has 2 amide bonds. The van der Waals surface area contributed by atoms with E-state index in [1.165, 1.54) is 23.4 Å². The molecule has 3 rings (SSSR count). The number of urea groups is 1. The average molecular weight is 437 g/mol. The molecular weight excluding hydrogens is 418 g/mol. The summed E-state index contributed by atoms with van der Waals surface area (Å²) in [4.78, 5) is 30.5. The third-order valence-corrected chi connectivity index (χ3v) is 5.14. The molecule has 0 unspecified atom stereocenters. The first-order valence-electron chi connectivity index (χ1n) is 9.42. The highest BCUT2D eigenvalue weighted by Crippen LogP contribution is 2.31. The number of alkyl halides is 3. The number of carbonyl (C=O) groups is 2. The zero-order valence-electron chi connectivity index (χ0n) is 16.7. The molecule has 0 saturated carbocycles. The summed E-state index contributed by atoms with van der Waals surface area (Å²) >= 11 is 0. The van der Waals surface area contributed by atoms with Crippen LogP contribution in [-0.4, -0.2) is 39.0 Å². The topological polar surface area (TPSA) is 91.0 Å². The SMILES string of the molecule is C[C@@H]1CN(C(=O)Nc2ccc(F)c(C#N)c2)Cc2c(C(=O)C[C@H](C)C(F)(F)F)ncn21. The molecule has 0 bridgehead atoms. The van der Waals surface area contributed by atoms with Crippen molar-refractivity contribution in [2.75, 3.05) is 11.9 Å². The minimum Gasteiger partial charge on any atom is -0.328 e. The number of amides is 2. The van der Waals surface area contributed by atoms with Crippen molar-refractivity contribution in [1.29, 1.82) is 5.26 Å². The zero-order valence-corrected chi connectivity index (χ0v) is 16.7. The summed E-state index contributed by atoms with van der Waals surface area (Å²) in [6, 6.07) is 4.41. The van der Waals surface area contributed by atoms with Gasteiger partial charge >= 0.3 is 12.2 Å². The number of hydrogen-bond donors (Lipinski definition) is 1. The highest BCUT2D eigenvalue weighted by atomic mass is 19.4. The number of fused-ring (bicyclic) bond motifs is 1. The number of halogens is 4. The number of imidazole rings is 1. The normalized spacial score (nSPS) is 16.9. The van der Waals surface area contributed by atoms with Gasteiger partial charge in [0.05, 0.1) is 30.0 Å². The molecule has 0 radical (unpaired) electrons. The predicted octanol–water partition coefficient (Wildman–Crippen LogP) is 4.27. The molecule has 1 aliphatic heterocycles. The molecule has 1 aliphatic rings. The molecule has 2 aromatic rings. The van der Waals surface area contributed by atoms with Gasteiger partial charge in [-0.2, -0.15) is 18.4 Å². The number of aromatic nitrogens is 2. The van der Waals surface area contributed by atoms with Gasteiger partial charge in [-0.25, -0.2) is 14.2 Å². The van der Waals surface area contributed by atoms with E-state index in [9.17, 15) is 27.2 Å². The summed E-state index contributed by atoms with van der Waals surface area (Å²) in [6.07, 6.45) is -3.84. The van der Waals surface area contributed by atoms with Crippen LogP contribution in [-0.2, 0) is 6.54 Å². The fraction of sp³-hybridized carbons (Fsp3) is 0.400. The van der Waals surface area contributed by atoms with E-state index in [0.717, 1.165) is 13.0 Å². The molecule has 1 aromatic heterocycles. The molecule has 0 fully saturated rings. The lowest BCUT2D eigenvalue weighted by Crippen LogP contribution is -2.42. The van der Waals surface area contributed by atoms with E-state index in [4.69, 9.17) is 5.26 Å². The Bertz CT molecular complexity index is 1060. The predicted molar refractivity (Wildman–Crippen MR) is 102 cm³/mol. The Morgan fingerprint density at radius 1 is 1.39 bits per heavy atom. The molecule has 0 aliphatic carbocycles. The van der Waals surface area contributed by atoms with Crippen LogP contribution < -0.4 is 5.32 Å². The Hall–Kier alpha value is -3.42. The summed E-state index contributed by atoms with van der Waals surface area (Å²) < 4.78 is 53.6. The van der Waals surface area contributed by atoms with E-state index in [2.05, 4.69) is 10.3 Å². The second-order valence-corrected chi connectivity index (χ2v) is 7.48. The fourth-order valence-electron chi connectivity index (χ4n) is 3.34. The maximum Gasteiger partial charge on any atom is 0.391 e. The van der Waals surface area contributed by atoms with Crippen LogP contribution in [0, 0.1) is 23.1 Å². The van der Waals surface area contributed by atoms with E-state index >= 15 is 0 Å². The van der Waals surface area contributed by atoms with E-state index in [-0.39, 0.29) is 36.1 Å². The van der Waals surface area contributed by atoms with Crippen LogP contribution >= 0.6 is 0 Å². The standard InChI is InChI=1S/C20H19F4N5O2/c1-11(20(22,23)24)5-17(30)18-16-9-28(8-12(2)29(16)10-26-18)19(31)27-14-3-4-15(21)13(6-14)7-25/h3-4,6,10-12H,5,8-9H2,1-2H3,(H,27,31)/t11-,12+/m0/s1. The lowest BCUT2D eigenvalue weighted by atomic mass is 10.0. The Morgan fingerprint density at radius 2 is 2.10 bits per heavy atom. The van der Waals surface area contributed by atoms with Crippen molar-refractivity contribution >= 4 is 17.5 Å². The molecule has 0 spiro atoms. The van der Waals surface area contributed by atoms with Gasteiger partial charge in [-0.05, 0) is 25.1 Å². The largest absolute Gasteiger partial charge is 0.391 e. The number of Topliss-reactive ketones (excluding diaryl/α,β-unsaturated/α-hetero) is 1. The molecule has 0 saturated heterocycles. The molecule has 11 heteroatoms. The third kappa shape index (κ3) is 4.68. The Balaban J connectivity index is 1.78. The summed E-state index contributed by atoms with van der Waals surface area (Å²) in [7, 11) is 0. The summed E-state index contributed by atoms with van der Waals surface area (Å²) in [5.74, 6) is -3.27. The Morgan fingerprint density at radius 3 is 2.74 bits per heavy atom. The van der Waals surface area contributed by atoms with Gasteiger partial charge < -0.3 is 14.8 Å². The number of ketones is 1. The van der Waals surface area contributed by atoms with Crippen LogP contribution in [0.15, 0.2) is 24.5 Å². The average Bonchev–Trinajstić information content (AvgIpc) is 3.13. The molecule has 31 heavy (non-hydrogen) atoms. The minimum absolute atomic E-state index is 0.0378. The number of nitrogens with one attached hydrogen (secondary N) is 1. The fourth-order valence-corrected chi connectivity index (χ4v) is 3.34. The molecular formula is C20H19F4N5O2. The van der Waals surface area contributed by atoms with Crippen molar-refractivity contribution < 1.29 is 27.2 Å². The number of nitrogens with zero attached hydrogens (tertiary/aromatic N) is 4. The number of benzene rings is 1. The maximum absolute atomic E-state index is 13.5. The number of hydrogen-bond acceptors (Lipinski definition) is 4. The quantitative estimate of drug-likeness (QED) is 0.571. The minimum atomic E-state index is -4.49. The van der Waals surface area contributed by atoms with Crippen LogP contribution in [0.3, 0.4) is 0 Å². The third-order valence-electron chi connectivity index (χ3n) is 5.14. The van der Waals surface area contributed by atoms with Gasteiger partial charge in [0.15, 0.2) is 5.78 Å². The van der Waals surface area contributed by atoms with Crippen LogP contribution in [0.25, 0.3) is 0 Å². The second-order valence-electron chi connectivity index (χ2n) is 7.48. The lowest BCUT2D eigenvalue weighted by molar-refractivity contribution is -0.168. The van der Waals surface area contributed by atoms with Crippen LogP contribution in [0.1, 0.15) is 48.1 Å². The molecule has 1 aromatic carbocycles. The van der Waals surface area contributed by atoms with Crippen molar-refractivity contribution in [3.63, 3.8) is 0 Å². The molecule has 1 N–H and O–H groups in total. The van der Waals surface area contributed by atoms with Crippen LogP contribution in [0.4, 0.5) is 28.0 Å². The van der Waals surface area contributed by atoms with Crippen molar-refractivity contribution in [3.05, 3.63) is 47.3 Å². The lowest BCUT2D eigenvalue weighted by Gasteiger charge is -2.33. The Labute approximate surface area is 175 Å². The first-order valence-corrected chi connectivity index (χ1v) is 9.42. The van der Waals surface area contributed by atoms with E-state index in [1.807, 2.05) is 0 Å². The highest BCUT2D eigenvalue weighted by Gasteiger charge is 2.38. The molecule has 2 heterocycles. The smallest absolute Gasteiger partial charge is 0.328 e. The van der Waals surface area contributed by atoms with E-state index in [0.29, 0.717) is 5.69 Å². The van der Waals surface area contributed by atoms with Crippen LogP contribution in [0.2, 0.25) is 0 Å². The molecule has 2 atom stereocenters. The van der Waals surface area contributed by atoms with Gasteiger partial charge in [-0.3, -0.25) is 4.79 Å². The van der Waals surface area contributed by atoms with Gasteiger partial charge in [-0.1, -0.05) is 6.92 Å². The second kappa shape index (κ2) is 8.37. The number of nitriles is 1. The number of anilines is 1. The summed E-state index contributed by atoms with van der Waals surface area (Å²) in [6.45, 7) is 2.93. The van der Waals surface area contributed by atoms with Crippen molar-refractivity contribution in [2.24, 2.45) is 5.92 Å². The van der Waals surface area contributed by atoms with Gasteiger partial charge in [0.1, 0.15) is 17.6 Å². The first-order chi connectivity index (χ1) is 14.5. The van der Waals surface area contributed by atoms with Crippen molar-refractivity contribution in [3.8, 4) is 6.07 Å². The molecule has 164 valence electrons. The zero-order chi connectivity index (χ0) is 22.9. The van der Waals surface area contributed by atoms with Crippen molar-refractivity contribution in [2.45, 2.75) is 39.0 Å². The summed E-state index contributed by atoms with van der Waals surface area (Å²) in [5, 5.41) is 11.5. The van der Waals surface area contributed by atoms with Gasteiger partial charge in [-0.15, -0.1) is 0 Å².